The normalized spacial score (nSPS) is 13.7. The average Bonchev–Trinajstić information content (AvgIpc) is 2.12. The number of aliphatic hydroxyl groups is 2. The molecule has 0 saturated carbocycles. The molecule has 0 aromatic rings. The van der Waals surface area contributed by atoms with Crippen LogP contribution in [0, 0.1) is 0 Å². The molecule has 13 heavy (non-hydrogen) atoms. The molecule has 0 bridgehead atoms. The summed E-state index contributed by atoms with van der Waals surface area (Å²) < 4.78 is 0. The van der Waals surface area contributed by atoms with Crippen molar-refractivity contribution in [2.45, 2.75) is 13.3 Å². The third-order valence-electron chi connectivity index (χ3n) is 1.41. The fraction of sp³-hybridized carbons (Fsp3) is 0.273. The fourth-order valence-electron chi connectivity index (χ4n) is 0.802. The largest absolute Gasteiger partial charge is 0.508 e. The summed E-state index contributed by atoms with van der Waals surface area (Å²) >= 11 is 0. The Morgan fingerprint density at radius 3 is 2.62 bits per heavy atom. The van der Waals surface area contributed by atoms with Gasteiger partial charge in [0, 0.05) is 5.57 Å². The molecule has 0 aliphatic rings. The van der Waals surface area contributed by atoms with Gasteiger partial charge in [0.05, 0.1) is 6.61 Å². The Bertz CT molecular complexity index is 234. The zero-order valence-corrected chi connectivity index (χ0v) is 7.90. The van der Waals surface area contributed by atoms with E-state index in [1.165, 1.54) is 6.08 Å². The lowest BCUT2D eigenvalue weighted by atomic mass is 10.1. The van der Waals surface area contributed by atoms with E-state index in [0.29, 0.717) is 5.57 Å². The Morgan fingerprint density at radius 2 is 2.15 bits per heavy atom. The Hall–Kier alpha value is -1.28. The van der Waals surface area contributed by atoms with Crippen molar-refractivity contribution in [2.75, 3.05) is 6.61 Å². The lowest BCUT2D eigenvalue weighted by Gasteiger charge is -1.98. The highest BCUT2D eigenvalue weighted by Gasteiger charge is 1.95. The first-order chi connectivity index (χ1) is 6.26. The summed E-state index contributed by atoms with van der Waals surface area (Å²) in [5, 5.41) is 18.0. The molecule has 0 atom stereocenters. The van der Waals surface area contributed by atoms with Crippen LogP contribution in [0.5, 0.6) is 0 Å². The van der Waals surface area contributed by atoms with Crippen LogP contribution in [-0.4, -0.2) is 16.8 Å². The number of hydrogen-bond donors (Lipinski definition) is 2. The number of aliphatic hydroxyl groups excluding tert-OH is 2. The van der Waals surface area contributed by atoms with Crippen molar-refractivity contribution in [2.24, 2.45) is 0 Å². The van der Waals surface area contributed by atoms with Crippen molar-refractivity contribution in [3.05, 3.63) is 48.3 Å². The van der Waals surface area contributed by atoms with Gasteiger partial charge in [0.15, 0.2) is 0 Å². The summed E-state index contributed by atoms with van der Waals surface area (Å²) in [5.74, 6) is 0.0760. The van der Waals surface area contributed by atoms with E-state index in [-0.39, 0.29) is 12.4 Å². The molecule has 0 aliphatic carbocycles. The maximum absolute atomic E-state index is 9.40. The first kappa shape index (κ1) is 11.7. The first-order valence-electron chi connectivity index (χ1n) is 4.25. The van der Waals surface area contributed by atoms with Gasteiger partial charge in [-0.3, -0.25) is 0 Å². The smallest absolute Gasteiger partial charge is 0.121 e. The molecule has 72 valence electrons. The van der Waals surface area contributed by atoms with Crippen LogP contribution in [0.3, 0.4) is 0 Å². The second-order valence-electron chi connectivity index (χ2n) is 2.44. The molecule has 0 aliphatic heterocycles. The first-order valence-corrected chi connectivity index (χ1v) is 4.25. The standard InChI is InChI=1S/C11H16O2/c1-3-5-7-10(6-4-2)11(13)8-9-12/h4-8,12-13H,2-3,9H2,1H3/b7-5-,10-6-,11-8+. The third-order valence-corrected chi connectivity index (χ3v) is 1.41. The van der Waals surface area contributed by atoms with Gasteiger partial charge in [-0.05, 0) is 12.5 Å². The Balaban J connectivity index is 4.61. The molecule has 0 unspecified atom stereocenters. The molecule has 0 aromatic carbocycles. The predicted octanol–water partition coefficient (Wildman–Crippen LogP) is 2.50. The lowest BCUT2D eigenvalue weighted by molar-refractivity contribution is 0.331. The maximum atomic E-state index is 9.40. The zero-order valence-electron chi connectivity index (χ0n) is 7.90. The van der Waals surface area contributed by atoms with Gasteiger partial charge < -0.3 is 10.2 Å². The van der Waals surface area contributed by atoms with E-state index in [0.717, 1.165) is 6.42 Å². The van der Waals surface area contributed by atoms with E-state index in [9.17, 15) is 5.11 Å². The molecule has 0 saturated heterocycles. The Morgan fingerprint density at radius 1 is 1.46 bits per heavy atom. The minimum absolute atomic E-state index is 0.0760. The monoisotopic (exact) mass is 180 g/mol. The van der Waals surface area contributed by atoms with Crippen molar-refractivity contribution < 1.29 is 10.2 Å². The van der Waals surface area contributed by atoms with E-state index < -0.39 is 0 Å². The van der Waals surface area contributed by atoms with E-state index in [4.69, 9.17) is 5.11 Å². The molecule has 0 fully saturated rings. The second kappa shape index (κ2) is 7.37. The van der Waals surface area contributed by atoms with Gasteiger partial charge >= 0.3 is 0 Å². The summed E-state index contributed by atoms with van der Waals surface area (Å²) in [6, 6.07) is 0. The zero-order chi connectivity index (χ0) is 10.1. The number of hydrogen-bond acceptors (Lipinski definition) is 2. The van der Waals surface area contributed by atoms with Crippen molar-refractivity contribution in [3.63, 3.8) is 0 Å². The van der Waals surface area contributed by atoms with Gasteiger partial charge in [0.1, 0.15) is 5.76 Å². The van der Waals surface area contributed by atoms with Gasteiger partial charge in [-0.15, -0.1) is 0 Å². The van der Waals surface area contributed by atoms with Gasteiger partial charge in [-0.25, -0.2) is 0 Å². The van der Waals surface area contributed by atoms with Crippen molar-refractivity contribution in [1.82, 2.24) is 0 Å². The van der Waals surface area contributed by atoms with Crippen molar-refractivity contribution >= 4 is 0 Å². The summed E-state index contributed by atoms with van der Waals surface area (Å²) in [5.41, 5.74) is 0.658. The van der Waals surface area contributed by atoms with Crippen LogP contribution < -0.4 is 0 Å². The average molecular weight is 180 g/mol. The highest BCUT2D eigenvalue weighted by molar-refractivity contribution is 5.37. The highest BCUT2D eigenvalue weighted by Crippen LogP contribution is 2.08. The molecule has 0 heterocycles. The molecule has 2 N–H and O–H groups in total. The van der Waals surface area contributed by atoms with Crippen LogP contribution in [0.2, 0.25) is 0 Å². The number of rotatable bonds is 5. The summed E-state index contributed by atoms with van der Waals surface area (Å²) in [6.07, 6.45) is 9.25. The molecular formula is C11H16O2. The van der Waals surface area contributed by atoms with Crippen LogP contribution in [0.15, 0.2) is 48.3 Å². The minimum atomic E-state index is -0.166. The topological polar surface area (TPSA) is 40.5 Å². The van der Waals surface area contributed by atoms with Gasteiger partial charge in [0.2, 0.25) is 0 Å². The van der Waals surface area contributed by atoms with Crippen molar-refractivity contribution in [3.8, 4) is 0 Å². The van der Waals surface area contributed by atoms with Crippen LogP contribution in [-0.2, 0) is 0 Å². The summed E-state index contributed by atoms with van der Waals surface area (Å²) in [4.78, 5) is 0. The minimum Gasteiger partial charge on any atom is -0.508 e. The molecule has 2 nitrogen and oxygen atoms in total. The van der Waals surface area contributed by atoms with Crippen LogP contribution >= 0.6 is 0 Å². The van der Waals surface area contributed by atoms with Crippen LogP contribution in [0.25, 0.3) is 0 Å². The second-order valence-corrected chi connectivity index (χ2v) is 2.44. The van der Waals surface area contributed by atoms with Gasteiger partial charge in [0.25, 0.3) is 0 Å². The van der Waals surface area contributed by atoms with E-state index >= 15 is 0 Å². The number of allylic oxidation sites excluding steroid dienone is 4. The summed E-state index contributed by atoms with van der Waals surface area (Å²) in [6.45, 7) is 5.38. The van der Waals surface area contributed by atoms with E-state index in [1.807, 2.05) is 13.0 Å². The highest BCUT2D eigenvalue weighted by atomic mass is 16.3. The third kappa shape index (κ3) is 5.04. The molecule has 2 heteroatoms. The van der Waals surface area contributed by atoms with Crippen molar-refractivity contribution in [1.29, 1.82) is 0 Å². The Kier molecular flexibility index (Phi) is 6.65. The molecule has 0 spiro atoms. The molecular weight excluding hydrogens is 164 g/mol. The molecule has 0 radical (unpaired) electrons. The van der Waals surface area contributed by atoms with Crippen LogP contribution in [0.4, 0.5) is 0 Å². The predicted molar refractivity (Wildman–Crippen MR) is 55.5 cm³/mol. The Labute approximate surface area is 79.2 Å². The lowest BCUT2D eigenvalue weighted by Crippen LogP contribution is -1.87. The summed E-state index contributed by atoms with van der Waals surface area (Å²) in [7, 11) is 0. The maximum Gasteiger partial charge on any atom is 0.121 e. The molecule has 0 aromatic heterocycles. The quantitative estimate of drug-likeness (QED) is 0.504. The van der Waals surface area contributed by atoms with Crippen LogP contribution in [0.1, 0.15) is 13.3 Å². The van der Waals surface area contributed by atoms with E-state index in [1.54, 1.807) is 18.2 Å². The van der Waals surface area contributed by atoms with E-state index in [2.05, 4.69) is 6.58 Å². The SMILES string of the molecule is C=C/C=C(/C=C\CC)C(\O)=C/CO. The van der Waals surface area contributed by atoms with Gasteiger partial charge in [-0.1, -0.05) is 37.8 Å². The molecule has 0 amide bonds. The van der Waals surface area contributed by atoms with Gasteiger partial charge in [-0.2, -0.15) is 0 Å². The molecule has 0 rings (SSSR count). The fourth-order valence-corrected chi connectivity index (χ4v) is 0.802.